The molecule has 0 aromatic carbocycles. The predicted octanol–water partition coefficient (Wildman–Crippen LogP) is 3.93. The first-order valence-corrected chi connectivity index (χ1v) is 8.41. The minimum absolute atomic E-state index is 0.121. The van der Waals surface area contributed by atoms with E-state index in [-0.39, 0.29) is 6.04 Å². The summed E-state index contributed by atoms with van der Waals surface area (Å²) < 4.78 is 7.61. The average Bonchev–Trinajstić information content (AvgIpc) is 3.06. The summed E-state index contributed by atoms with van der Waals surface area (Å²) in [4.78, 5) is 0. The monoisotopic (exact) mass is 307 g/mol. The molecule has 0 saturated carbocycles. The average molecular weight is 307 g/mol. The van der Waals surface area contributed by atoms with Crippen LogP contribution in [0.15, 0.2) is 17.0 Å². The number of aromatic nitrogens is 2. The molecule has 4 nitrogen and oxygen atoms in total. The van der Waals surface area contributed by atoms with Crippen LogP contribution in [-0.2, 0) is 0 Å². The van der Waals surface area contributed by atoms with Crippen molar-refractivity contribution in [1.82, 2.24) is 15.1 Å². The first-order chi connectivity index (χ1) is 10.1. The summed E-state index contributed by atoms with van der Waals surface area (Å²) in [5.41, 5.74) is 3.74. The van der Waals surface area contributed by atoms with Crippen LogP contribution in [0.4, 0.5) is 0 Å². The lowest BCUT2D eigenvalue weighted by Gasteiger charge is -2.23. The van der Waals surface area contributed by atoms with Gasteiger partial charge in [-0.2, -0.15) is 16.4 Å². The van der Waals surface area contributed by atoms with Crippen LogP contribution >= 0.6 is 11.3 Å². The summed E-state index contributed by atoms with van der Waals surface area (Å²) in [7, 11) is 1.71. The molecular formula is C16H25N3OS. The van der Waals surface area contributed by atoms with Crippen molar-refractivity contribution in [2.75, 3.05) is 13.7 Å². The Bertz CT molecular complexity index is 574. The highest BCUT2D eigenvalue weighted by molar-refractivity contribution is 7.08. The molecule has 2 rings (SSSR count). The Kier molecular flexibility index (Phi) is 5.42. The molecule has 0 bridgehead atoms. The molecule has 0 aliphatic rings. The fraction of sp³-hybridized carbons (Fsp3) is 0.562. The molecule has 0 aliphatic carbocycles. The normalized spacial score (nSPS) is 12.9. The number of thiophene rings is 1. The van der Waals surface area contributed by atoms with Crippen LogP contribution in [0, 0.1) is 6.92 Å². The van der Waals surface area contributed by atoms with Crippen molar-refractivity contribution in [1.29, 1.82) is 0 Å². The van der Waals surface area contributed by atoms with Crippen LogP contribution in [-0.4, -0.2) is 23.4 Å². The quantitative estimate of drug-likeness (QED) is 0.842. The van der Waals surface area contributed by atoms with E-state index < -0.39 is 0 Å². The van der Waals surface area contributed by atoms with Crippen molar-refractivity contribution >= 4 is 11.3 Å². The topological polar surface area (TPSA) is 39.1 Å². The fourth-order valence-corrected chi connectivity index (χ4v) is 3.38. The Morgan fingerprint density at radius 3 is 2.67 bits per heavy atom. The molecule has 1 atom stereocenters. The highest BCUT2D eigenvalue weighted by Gasteiger charge is 2.25. The van der Waals surface area contributed by atoms with E-state index in [1.165, 1.54) is 11.1 Å². The largest absolute Gasteiger partial charge is 0.493 e. The van der Waals surface area contributed by atoms with Gasteiger partial charge in [-0.05, 0) is 55.6 Å². The number of nitrogens with zero attached hydrogens (tertiary/aromatic N) is 2. The number of rotatable bonds is 7. The zero-order valence-corrected chi connectivity index (χ0v) is 14.3. The zero-order chi connectivity index (χ0) is 15.4. The second kappa shape index (κ2) is 7.09. The molecule has 2 aromatic heterocycles. The molecule has 0 amide bonds. The summed E-state index contributed by atoms with van der Waals surface area (Å²) in [6.45, 7) is 9.60. The smallest absolute Gasteiger partial charge is 0.161 e. The van der Waals surface area contributed by atoms with Gasteiger partial charge in [-0.25, -0.2) is 0 Å². The predicted molar refractivity (Wildman–Crippen MR) is 88.4 cm³/mol. The lowest BCUT2D eigenvalue weighted by molar-refractivity contribution is 0.393. The third-order valence-corrected chi connectivity index (χ3v) is 4.47. The first-order valence-electron chi connectivity index (χ1n) is 7.47. The van der Waals surface area contributed by atoms with Crippen molar-refractivity contribution in [2.45, 2.75) is 46.2 Å². The lowest BCUT2D eigenvalue weighted by atomic mass is 10.0. The van der Waals surface area contributed by atoms with Crippen LogP contribution in [0.1, 0.15) is 56.1 Å². The Morgan fingerprint density at radius 2 is 2.14 bits per heavy atom. The number of methoxy groups -OCH3 is 1. The number of aryl methyl sites for hydroxylation is 1. The maximum Gasteiger partial charge on any atom is 0.161 e. The van der Waals surface area contributed by atoms with E-state index in [1.807, 2.05) is 6.20 Å². The van der Waals surface area contributed by atoms with Crippen LogP contribution in [0.2, 0.25) is 0 Å². The van der Waals surface area contributed by atoms with Gasteiger partial charge in [0.1, 0.15) is 5.69 Å². The molecule has 0 saturated heterocycles. The van der Waals surface area contributed by atoms with Gasteiger partial charge in [0.25, 0.3) is 0 Å². The molecule has 0 spiro atoms. The zero-order valence-electron chi connectivity index (χ0n) is 13.5. The summed E-state index contributed by atoms with van der Waals surface area (Å²) in [5, 5.41) is 12.6. The van der Waals surface area contributed by atoms with E-state index in [0.717, 1.165) is 24.4 Å². The van der Waals surface area contributed by atoms with E-state index in [9.17, 15) is 0 Å². The maximum absolute atomic E-state index is 5.56. The Hall–Kier alpha value is -1.33. The van der Waals surface area contributed by atoms with Gasteiger partial charge in [0.2, 0.25) is 0 Å². The Morgan fingerprint density at radius 1 is 1.38 bits per heavy atom. The SMILES string of the molecule is CCCNC(c1cscc1C)c1c(OC)cnn1C(C)C. The molecule has 1 N–H and O–H groups in total. The van der Waals surface area contributed by atoms with Crippen LogP contribution < -0.4 is 10.1 Å². The summed E-state index contributed by atoms with van der Waals surface area (Å²) in [6, 6.07) is 0.421. The standard InChI is InChI=1S/C16H25N3OS/c1-6-7-17-15(13-10-21-9-12(13)4)16-14(20-5)8-18-19(16)11(2)3/h8-11,15,17H,6-7H2,1-5H3. The number of hydrogen-bond acceptors (Lipinski definition) is 4. The van der Waals surface area contributed by atoms with Gasteiger partial charge in [0.05, 0.1) is 19.3 Å². The first kappa shape index (κ1) is 16.0. The van der Waals surface area contributed by atoms with E-state index >= 15 is 0 Å². The Labute approximate surface area is 131 Å². The molecule has 21 heavy (non-hydrogen) atoms. The van der Waals surface area contributed by atoms with Crippen LogP contribution in [0.25, 0.3) is 0 Å². The molecule has 0 fully saturated rings. The van der Waals surface area contributed by atoms with E-state index in [2.05, 4.69) is 53.6 Å². The summed E-state index contributed by atoms with van der Waals surface area (Å²) >= 11 is 1.74. The van der Waals surface area contributed by atoms with Crippen molar-refractivity contribution in [2.24, 2.45) is 0 Å². The Balaban J connectivity index is 2.50. The van der Waals surface area contributed by atoms with Gasteiger partial charge in [-0.1, -0.05) is 6.92 Å². The molecule has 5 heteroatoms. The van der Waals surface area contributed by atoms with Crippen molar-refractivity contribution in [3.8, 4) is 5.75 Å². The molecule has 2 aromatic rings. The van der Waals surface area contributed by atoms with Gasteiger partial charge in [0, 0.05) is 6.04 Å². The second-order valence-electron chi connectivity index (χ2n) is 5.53. The van der Waals surface area contributed by atoms with Gasteiger partial charge in [-0.15, -0.1) is 0 Å². The number of nitrogens with one attached hydrogen (secondary N) is 1. The summed E-state index contributed by atoms with van der Waals surface area (Å²) in [5.74, 6) is 0.850. The van der Waals surface area contributed by atoms with Crippen molar-refractivity contribution in [3.63, 3.8) is 0 Å². The lowest BCUT2D eigenvalue weighted by Crippen LogP contribution is -2.27. The third kappa shape index (κ3) is 3.30. The highest BCUT2D eigenvalue weighted by atomic mass is 32.1. The molecule has 0 aliphatic heterocycles. The number of ether oxygens (including phenoxy) is 1. The van der Waals surface area contributed by atoms with E-state index in [4.69, 9.17) is 4.74 Å². The summed E-state index contributed by atoms with van der Waals surface area (Å²) in [6.07, 6.45) is 2.91. The highest BCUT2D eigenvalue weighted by Crippen LogP contribution is 2.34. The maximum atomic E-state index is 5.56. The molecule has 0 radical (unpaired) electrons. The number of hydrogen-bond donors (Lipinski definition) is 1. The van der Waals surface area contributed by atoms with Crippen LogP contribution in [0.5, 0.6) is 5.75 Å². The second-order valence-corrected chi connectivity index (χ2v) is 6.28. The minimum Gasteiger partial charge on any atom is -0.493 e. The molecular weight excluding hydrogens is 282 g/mol. The molecule has 2 heterocycles. The van der Waals surface area contributed by atoms with Gasteiger partial charge in [0.15, 0.2) is 5.75 Å². The van der Waals surface area contributed by atoms with Gasteiger partial charge in [-0.3, -0.25) is 4.68 Å². The molecule has 116 valence electrons. The van der Waals surface area contributed by atoms with E-state index in [1.54, 1.807) is 18.4 Å². The van der Waals surface area contributed by atoms with Crippen molar-refractivity contribution < 1.29 is 4.74 Å². The van der Waals surface area contributed by atoms with Gasteiger partial charge < -0.3 is 10.1 Å². The van der Waals surface area contributed by atoms with E-state index in [0.29, 0.717) is 6.04 Å². The molecule has 1 unspecified atom stereocenters. The third-order valence-electron chi connectivity index (χ3n) is 3.59. The fourth-order valence-electron chi connectivity index (χ4n) is 2.51. The van der Waals surface area contributed by atoms with Gasteiger partial charge >= 0.3 is 0 Å². The minimum atomic E-state index is 0.121. The van der Waals surface area contributed by atoms with Crippen LogP contribution in [0.3, 0.4) is 0 Å². The van der Waals surface area contributed by atoms with Crippen molar-refractivity contribution in [3.05, 3.63) is 33.8 Å².